The van der Waals surface area contributed by atoms with E-state index in [4.69, 9.17) is 10.7 Å². The number of rotatable bonds is 4. The van der Waals surface area contributed by atoms with E-state index >= 15 is 0 Å². The van der Waals surface area contributed by atoms with Crippen molar-refractivity contribution in [3.05, 3.63) is 84.7 Å². The van der Waals surface area contributed by atoms with E-state index in [2.05, 4.69) is 10.3 Å². The third kappa shape index (κ3) is 3.22. The van der Waals surface area contributed by atoms with E-state index in [0.29, 0.717) is 28.7 Å². The molecule has 0 unspecified atom stereocenters. The van der Waals surface area contributed by atoms with Gasteiger partial charge in [0.05, 0.1) is 34.5 Å². The van der Waals surface area contributed by atoms with Gasteiger partial charge in [-0.05, 0) is 30.3 Å². The number of hydrogen-bond donors (Lipinski definition) is 3. The molecule has 5 rings (SSSR count). The number of nitrogens with one attached hydrogen (secondary N) is 1. The smallest absolute Gasteiger partial charge is 0.326 e. The molecular formula is C24H19N5O2. The van der Waals surface area contributed by atoms with E-state index in [0.717, 1.165) is 26.9 Å². The summed E-state index contributed by atoms with van der Waals surface area (Å²) >= 11 is 0. The molecule has 0 radical (unpaired) electrons. The van der Waals surface area contributed by atoms with Gasteiger partial charge in [0.2, 0.25) is 5.88 Å². The number of anilines is 1. The number of carbonyl (C=O) groups excluding carboxylic acids is 1. The zero-order valence-electron chi connectivity index (χ0n) is 16.5. The van der Waals surface area contributed by atoms with Crippen molar-refractivity contribution >= 4 is 33.5 Å². The highest BCUT2D eigenvalue weighted by Crippen LogP contribution is 2.40. The van der Waals surface area contributed by atoms with Crippen LogP contribution in [0.1, 0.15) is 5.69 Å². The molecule has 7 heteroatoms. The number of fused-ring (bicyclic) bond motifs is 2. The van der Waals surface area contributed by atoms with Crippen LogP contribution in [0, 0.1) is 0 Å². The van der Waals surface area contributed by atoms with Crippen molar-refractivity contribution in [1.82, 2.24) is 14.5 Å². The molecule has 5 aromatic rings. The van der Waals surface area contributed by atoms with Crippen LogP contribution in [0.25, 0.3) is 33.1 Å². The van der Waals surface area contributed by atoms with Crippen molar-refractivity contribution in [3.63, 3.8) is 0 Å². The molecule has 0 aliphatic rings. The highest BCUT2D eigenvalue weighted by molar-refractivity contribution is 6.06. The average Bonchev–Trinajstić information content (AvgIpc) is 3.10. The zero-order chi connectivity index (χ0) is 21.4. The van der Waals surface area contributed by atoms with Crippen molar-refractivity contribution in [2.45, 2.75) is 6.54 Å². The second-order valence-electron chi connectivity index (χ2n) is 7.14. The zero-order valence-corrected chi connectivity index (χ0v) is 16.5. The summed E-state index contributed by atoms with van der Waals surface area (Å²) in [5.74, 6) is -0.229. The van der Waals surface area contributed by atoms with Crippen LogP contribution >= 0.6 is 0 Å². The van der Waals surface area contributed by atoms with Gasteiger partial charge in [-0.2, -0.15) is 0 Å². The second kappa shape index (κ2) is 7.46. The molecule has 0 fully saturated rings. The lowest BCUT2D eigenvalue weighted by atomic mass is 10.1. The molecule has 0 aliphatic carbocycles. The quantitative estimate of drug-likeness (QED) is 0.405. The average molecular weight is 409 g/mol. The van der Waals surface area contributed by atoms with Gasteiger partial charge in [-0.3, -0.25) is 4.98 Å². The molecule has 31 heavy (non-hydrogen) atoms. The number of pyridine rings is 2. The van der Waals surface area contributed by atoms with Gasteiger partial charge in [-0.15, -0.1) is 0 Å². The lowest BCUT2D eigenvalue weighted by Gasteiger charge is -2.12. The van der Waals surface area contributed by atoms with Crippen molar-refractivity contribution < 1.29 is 9.90 Å². The minimum absolute atomic E-state index is 0.229. The Hall–Kier alpha value is -4.39. The number of benzene rings is 2. The second-order valence-corrected chi connectivity index (χ2v) is 7.14. The molecule has 0 aliphatic heterocycles. The molecule has 0 bridgehead atoms. The first-order valence-electron chi connectivity index (χ1n) is 9.79. The van der Waals surface area contributed by atoms with Gasteiger partial charge in [0.15, 0.2) is 0 Å². The number of aromatic hydroxyl groups is 1. The molecule has 0 atom stereocenters. The molecule has 0 saturated carbocycles. The summed E-state index contributed by atoms with van der Waals surface area (Å²) in [6.45, 7) is 0.531. The number of hydrogen-bond acceptors (Lipinski definition) is 5. The highest BCUT2D eigenvalue weighted by atomic mass is 16.3. The minimum atomic E-state index is -0.755. The van der Waals surface area contributed by atoms with Crippen LogP contribution in [-0.2, 0) is 6.54 Å². The fraction of sp³-hybridized carbons (Fsp3) is 0.0417. The topological polar surface area (TPSA) is 106 Å². The van der Waals surface area contributed by atoms with E-state index in [-0.39, 0.29) is 5.88 Å². The van der Waals surface area contributed by atoms with E-state index < -0.39 is 6.03 Å². The molecule has 3 heterocycles. The van der Waals surface area contributed by atoms with Crippen molar-refractivity contribution in [1.29, 1.82) is 0 Å². The Bertz CT molecular complexity index is 1430. The number of nitrogens with two attached hydrogens (primary N) is 1. The predicted molar refractivity (Wildman–Crippen MR) is 121 cm³/mol. The predicted octanol–water partition coefficient (Wildman–Crippen LogP) is 4.50. The van der Waals surface area contributed by atoms with Gasteiger partial charge in [-0.1, -0.05) is 42.5 Å². The molecule has 4 N–H and O–H groups in total. The maximum Gasteiger partial charge on any atom is 0.326 e. The lowest BCUT2D eigenvalue weighted by molar-refractivity contribution is 0.248. The van der Waals surface area contributed by atoms with Crippen molar-refractivity contribution in [3.8, 4) is 17.1 Å². The minimum Gasteiger partial charge on any atom is -0.494 e. The first-order chi connectivity index (χ1) is 15.1. The van der Waals surface area contributed by atoms with Crippen LogP contribution in [0.3, 0.4) is 0 Å². The lowest BCUT2D eigenvalue weighted by Crippen LogP contribution is -2.18. The number of aromatic nitrogens is 3. The Morgan fingerprint density at radius 3 is 2.52 bits per heavy atom. The number of para-hydroxylation sites is 2. The van der Waals surface area contributed by atoms with E-state index in [9.17, 15) is 9.90 Å². The van der Waals surface area contributed by atoms with Crippen LogP contribution < -0.4 is 11.1 Å². The maximum atomic E-state index is 12.0. The van der Waals surface area contributed by atoms with E-state index in [1.807, 2.05) is 60.7 Å². The molecule has 7 nitrogen and oxygen atoms in total. The first-order valence-corrected chi connectivity index (χ1v) is 9.79. The normalized spacial score (nSPS) is 11.1. The monoisotopic (exact) mass is 409 g/mol. The molecule has 3 aromatic heterocycles. The first kappa shape index (κ1) is 18.6. The summed E-state index contributed by atoms with van der Waals surface area (Å²) in [6.07, 6.45) is 1.75. The Balaban J connectivity index is 1.70. The molecule has 0 saturated heterocycles. The van der Waals surface area contributed by atoms with Gasteiger partial charge in [0, 0.05) is 22.7 Å². The fourth-order valence-corrected chi connectivity index (χ4v) is 3.84. The standard InChI is InChI=1S/C24H19N5O2/c25-24(31)29-21-11-4-2-9-17(21)22(23(29)30)20-13-19(16-8-1-3-10-18(16)28-20)27-14-15-7-5-6-12-26-15/h1-13,30H,14H2,(H2,25,31)(H,27,28). The summed E-state index contributed by atoms with van der Waals surface area (Å²) in [5, 5.41) is 16.0. The fourth-order valence-electron chi connectivity index (χ4n) is 3.84. The van der Waals surface area contributed by atoms with Gasteiger partial charge in [0.25, 0.3) is 0 Å². The summed E-state index contributed by atoms with van der Waals surface area (Å²) < 4.78 is 1.10. The van der Waals surface area contributed by atoms with Crippen LogP contribution in [0.2, 0.25) is 0 Å². The maximum absolute atomic E-state index is 12.0. The number of primary amides is 1. The summed E-state index contributed by atoms with van der Waals surface area (Å²) in [5.41, 5.74) is 9.57. The Morgan fingerprint density at radius 1 is 1.00 bits per heavy atom. The Kier molecular flexibility index (Phi) is 4.48. The number of nitrogens with zero attached hydrogens (tertiary/aromatic N) is 3. The largest absolute Gasteiger partial charge is 0.494 e. The Morgan fingerprint density at radius 2 is 1.74 bits per heavy atom. The van der Waals surface area contributed by atoms with Crippen LogP contribution in [0.15, 0.2) is 79.0 Å². The van der Waals surface area contributed by atoms with E-state index in [1.165, 1.54) is 0 Å². The van der Waals surface area contributed by atoms with Crippen molar-refractivity contribution in [2.75, 3.05) is 5.32 Å². The van der Waals surface area contributed by atoms with Crippen LogP contribution in [0.4, 0.5) is 10.5 Å². The van der Waals surface area contributed by atoms with Crippen molar-refractivity contribution in [2.24, 2.45) is 5.73 Å². The SMILES string of the molecule is NC(=O)n1c(O)c(-c2cc(NCc3ccccn3)c3ccccc3n2)c2ccccc21. The van der Waals surface area contributed by atoms with Gasteiger partial charge in [0.1, 0.15) is 0 Å². The molecule has 2 aromatic carbocycles. The highest BCUT2D eigenvalue weighted by Gasteiger charge is 2.22. The van der Waals surface area contributed by atoms with Gasteiger partial charge < -0.3 is 16.2 Å². The summed E-state index contributed by atoms with van der Waals surface area (Å²) in [6, 6.07) is 21.9. The van der Waals surface area contributed by atoms with Crippen LogP contribution in [-0.4, -0.2) is 25.7 Å². The molecule has 152 valence electrons. The Labute approximate surface area is 177 Å². The third-order valence-electron chi connectivity index (χ3n) is 5.23. The molecular weight excluding hydrogens is 390 g/mol. The summed E-state index contributed by atoms with van der Waals surface area (Å²) in [4.78, 5) is 21.1. The van der Waals surface area contributed by atoms with E-state index in [1.54, 1.807) is 18.3 Å². The van der Waals surface area contributed by atoms with Crippen LogP contribution in [0.5, 0.6) is 5.88 Å². The number of amides is 1. The van der Waals surface area contributed by atoms with Gasteiger partial charge >= 0.3 is 6.03 Å². The molecule has 1 amide bonds. The third-order valence-corrected chi connectivity index (χ3v) is 5.23. The summed E-state index contributed by atoms with van der Waals surface area (Å²) in [7, 11) is 0. The van der Waals surface area contributed by atoms with Gasteiger partial charge in [-0.25, -0.2) is 14.3 Å². The number of carbonyl (C=O) groups is 1. The molecule has 0 spiro atoms.